The molecule has 1 N–H and O–H groups in total. The fraction of sp³-hybridized carbons (Fsp3) is 0.185. The van der Waals surface area contributed by atoms with Crippen LogP contribution in [0.15, 0.2) is 67.0 Å². The van der Waals surface area contributed by atoms with Crippen LogP contribution in [-0.2, 0) is 15.7 Å². The number of rotatable bonds is 7. The van der Waals surface area contributed by atoms with Crippen molar-refractivity contribution in [2.24, 2.45) is 0 Å². The molecule has 0 aliphatic rings. The molecule has 37 heavy (non-hydrogen) atoms. The van der Waals surface area contributed by atoms with Gasteiger partial charge in [0.2, 0.25) is 5.95 Å². The lowest BCUT2D eigenvalue weighted by molar-refractivity contribution is -0.141. The summed E-state index contributed by atoms with van der Waals surface area (Å²) in [6.07, 6.45) is 1.03. The van der Waals surface area contributed by atoms with Gasteiger partial charge in [-0.1, -0.05) is 24.3 Å². The Morgan fingerprint density at radius 1 is 1.11 bits per heavy atom. The molecule has 0 spiro atoms. The van der Waals surface area contributed by atoms with E-state index in [-0.39, 0.29) is 18.4 Å². The van der Waals surface area contributed by atoms with E-state index in [1.807, 2.05) is 32.0 Å². The predicted octanol–water partition coefficient (Wildman–Crippen LogP) is 6.28. The van der Waals surface area contributed by atoms with Gasteiger partial charge in [-0.15, -0.1) is 0 Å². The van der Waals surface area contributed by atoms with Crippen molar-refractivity contribution in [1.29, 1.82) is 0 Å². The number of nitrogens with one attached hydrogen (secondary N) is 1. The molecule has 4 aromatic rings. The van der Waals surface area contributed by atoms with Crippen LogP contribution in [0.3, 0.4) is 0 Å². The third kappa shape index (κ3) is 6.40. The number of hydrogen-bond donors (Lipinski definition) is 1. The van der Waals surface area contributed by atoms with Gasteiger partial charge in [0.1, 0.15) is 0 Å². The van der Waals surface area contributed by atoms with Crippen molar-refractivity contribution >= 4 is 23.7 Å². The molecular formula is C27H24F3N5O2. The number of benzene rings is 2. The SMILES string of the molecule is CCOC(=O)/C=C/c1cccc(-c2cnc(Nc3cc(C)cc(C)c3)nc2-n2ccc(C(F)(F)F)n2)c1. The summed E-state index contributed by atoms with van der Waals surface area (Å²) in [7, 11) is 0. The highest BCUT2D eigenvalue weighted by atomic mass is 19.4. The highest BCUT2D eigenvalue weighted by Gasteiger charge is 2.34. The topological polar surface area (TPSA) is 81.9 Å². The summed E-state index contributed by atoms with van der Waals surface area (Å²) in [6.45, 7) is 5.89. The Morgan fingerprint density at radius 3 is 2.54 bits per heavy atom. The summed E-state index contributed by atoms with van der Waals surface area (Å²) in [4.78, 5) is 20.6. The molecule has 2 aromatic heterocycles. The molecule has 0 bridgehead atoms. The first-order valence-corrected chi connectivity index (χ1v) is 11.4. The molecule has 0 unspecified atom stereocenters. The van der Waals surface area contributed by atoms with E-state index < -0.39 is 17.8 Å². The molecule has 0 saturated heterocycles. The van der Waals surface area contributed by atoms with Gasteiger partial charge >= 0.3 is 12.1 Å². The number of esters is 1. The fourth-order valence-electron chi connectivity index (χ4n) is 3.74. The van der Waals surface area contributed by atoms with E-state index in [9.17, 15) is 18.0 Å². The summed E-state index contributed by atoms with van der Waals surface area (Å²) in [6, 6.07) is 13.8. The monoisotopic (exact) mass is 507 g/mol. The van der Waals surface area contributed by atoms with Crippen LogP contribution in [-0.4, -0.2) is 32.3 Å². The molecule has 2 heterocycles. The number of nitrogens with zero attached hydrogens (tertiary/aromatic N) is 4. The third-order valence-corrected chi connectivity index (χ3v) is 5.24. The van der Waals surface area contributed by atoms with Gasteiger partial charge in [0.05, 0.1) is 6.61 Å². The summed E-state index contributed by atoms with van der Waals surface area (Å²) in [5, 5.41) is 6.83. The van der Waals surface area contributed by atoms with Crippen molar-refractivity contribution < 1.29 is 22.7 Å². The number of aryl methyl sites for hydroxylation is 2. The molecule has 0 atom stereocenters. The average Bonchev–Trinajstić information content (AvgIpc) is 3.34. The Bertz CT molecular complexity index is 1440. The van der Waals surface area contributed by atoms with Gasteiger partial charge in [-0.25, -0.2) is 14.5 Å². The molecule has 0 aliphatic carbocycles. The van der Waals surface area contributed by atoms with Gasteiger partial charge in [0, 0.05) is 29.7 Å². The Morgan fingerprint density at radius 2 is 1.86 bits per heavy atom. The minimum Gasteiger partial charge on any atom is -0.463 e. The van der Waals surface area contributed by atoms with Gasteiger partial charge in [0.15, 0.2) is 11.5 Å². The van der Waals surface area contributed by atoms with E-state index in [0.29, 0.717) is 16.7 Å². The molecule has 7 nitrogen and oxygen atoms in total. The zero-order valence-corrected chi connectivity index (χ0v) is 20.4. The summed E-state index contributed by atoms with van der Waals surface area (Å²) in [5.74, 6) is -0.120. The first-order valence-electron chi connectivity index (χ1n) is 11.4. The zero-order valence-electron chi connectivity index (χ0n) is 20.4. The minimum absolute atomic E-state index is 0.156. The van der Waals surface area contributed by atoms with E-state index in [2.05, 4.69) is 20.4 Å². The van der Waals surface area contributed by atoms with Gasteiger partial charge in [-0.05, 0) is 73.4 Å². The van der Waals surface area contributed by atoms with Crippen LogP contribution in [0.2, 0.25) is 0 Å². The van der Waals surface area contributed by atoms with Crippen LogP contribution in [0.5, 0.6) is 0 Å². The van der Waals surface area contributed by atoms with Crippen LogP contribution in [0, 0.1) is 13.8 Å². The molecule has 2 aromatic carbocycles. The molecule has 190 valence electrons. The zero-order chi connectivity index (χ0) is 26.6. The van der Waals surface area contributed by atoms with Crippen LogP contribution in [0.25, 0.3) is 23.0 Å². The summed E-state index contributed by atoms with van der Waals surface area (Å²) >= 11 is 0. The number of ether oxygens (including phenoxy) is 1. The molecule has 0 saturated carbocycles. The Labute approximate surface area is 211 Å². The van der Waals surface area contributed by atoms with Crippen molar-refractivity contribution in [3.8, 4) is 16.9 Å². The Hall–Kier alpha value is -4.47. The predicted molar refractivity (Wildman–Crippen MR) is 134 cm³/mol. The third-order valence-electron chi connectivity index (χ3n) is 5.24. The number of carbonyl (C=O) groups is 1. The second-order valence-electron chi connectivity index (χ2n) is 8.29. The minimum atomic E-state index is -4.60. The maximum atomic E-state index is 13.3. The molecule has 10 heteroatoms. The highest BCUT2D eigenvalue weighted by molar-refractivity contribution is 5.87. The molecule has 0 aliphatic heterocycles. The van der Waals surface area contributed by atoms with Gasteiger partial charge in [0.25, 0.3) is 0 Å². The first kappa shape index (κ1) is 25.6. The van der Waals surface area contributed by atoms with E-state index in [4.69, 9.17) is 4.74 Å². The molecule has 0 radical (unpaired) electrons. The number of alkyl halides is 3. The normalized spacial score (nSPS) is 11.6. The van der Waals surface area contributed by atoms with Crippen molar-refractivity contribution in [2.75, 3.05) is 11.9 Å². The molecular weight excluding hydrogens is 483 g/mol. The lowest BCUT2D eigenvalue weighted by atomic mass is 10.0. The largest absolute Gasteiger partial charge is 0.463 e. The quantitative estimate of drug-likeness (QED) is 0.234. The summed E-state index contributed by atoms with van der Waals surface area (Å²) in [5.41, 5.74) is 3.55. The average molecular weight is 508 g/mol. The number of anilines is 2. The summed E-state index contributed by atoms with van der Waals surface area (Å²) < 4.78 is 45.8. The van der Waals surface area contributed by atoms with E-state index >= 15 is 0 Å². The maximum Gasteiger partial charge on any atom is 0.435 e. The lowest BCUT2D eigenvalue weighted by Crippen LogP contribution is -2.10. The van der Waals surface area contributed by atoms with Crippen LogP contribution in [0.1, 0.15) is 29.3 Å². The van der Waals surface area contributed by atoms with Crippen LogP contribution < -0.4 is 5.32 Å². The molecule has 0 amide bonds. The second kappa shape index (κ2) is 10.7. The van der Waals surface area contributed by atoms with E-state index in [1.165, 1.54) is 18.5 Å². The number of halogens is 3. The fourth-order valence-corrected chi connectivity index (χ4v) is 3.74. The lowest BCUT2D eigenvalue weighted by Gasteiger charge is -2.13. The highest BCUT2D eigenvalue weighted by Crippen LogP contribution is 2.31. The number of aromatic nitrogens is 4. The van der Waals surface area contributed by atoms with Gasteiger partial charge in [-0.2, -0.15) is 23.3 Å². The van der Waals surface area contributed by atoms with Crippen molar-refractivity contribution in [1.82, 2.24) is 19.7 Å². The molecule has 0 fully saturated rings. The maximum absolute atomic E-state index is 13.3. The Balaban J connectivity index is 1.77. The van der Waals surface area contributed by atoms with E-state index in [0.717, 1.165) is 27.6 Å². The van der Waals surface area contributed by atoms with Gasteiger partial charge in [-0.3, -0.25) is 0 Å². The standard InChI is InChI=1S/C27H24F3N5O2/c1-4-37-24(36)9-8-19-6-5-7-20(15-19)22-16-31-26(32-21-13-17(2)12-18(3)14-21)33-25(22)35-11-10-23(34-35)27(28,29)30/h5-16H,4H2,1-3H3,(H,31,32,33)/b9-8+. The smallest absolute Gasteiger partial charge is 0.435 e. The van der Waals surface area contributed by atoms with Crippen molar-refractivity contribution in [2.45, 2.75) is 26.9 Å². The first-order chi connectivity index (χ1) is 17.6. The van der Waals surface area contributed by atoms with Gasteiger partial charge < -0.3 is 10.1 Å². The van der Waals surface area contributed by atoms with E-state index in [1.54, 1.807) is 37.3 Å². The second-order valence-corrected chi connectivity index (χ2v) is 8.29. The van der Waals surface area contributed by atoms with Crippen molar-refractivity contribution in [3.63, 3.8) is 0 Å². The number of carbonyl (C=O) groups excluding carboxylic acids is 1. The Kier molecular flexibility index (Phi) is 7.37. The van der Waals surface area contributed by atoms with Crippen LogP contribution in [0.4, 0.5) is 24.8 Å². The van der Waals surface area contributed by atoms with Crippen LogP contribution >= 0.6 is 0 Å². The number of hydrogen-bond acceptors (Lipinski definition) is 6. The van der Waals surface area contributed by atoms with Crippen molar-refractivity contribution in [3.05, 3.63) is 89.4 Å². The molecule has 4 rings (SSSR count).